The van der Waals surface area contributed by atoms with Crippen LogP contribution in [0.5, 0.6) is 0 Å². The lowest BCUT2D eigenvalue weighted by atomic mass is 10.7. The van der Waals surface area contributed by atoms with Crippen molar-refractivity contribution in [2.75, 3.05) is 6.61 Å². The van der Waals surface area contributed by atoms with Crippen LogP contribution in [0.4, 0.5) is 8.78 Å². The van der Waals surface area contributed by atoms with Gasteiger partial charge in [-0.15, -0.1) is 0 Å². The molecule has 0 aliphatic carbocycles. The second kappa shape index (κ2) is 3.58. The molecule has 0 aromatic heterocycles. The molecule has 0 aromatic rings. The van der Waals surface area contributed by atoms with E-state index in [-0.39, 0.29) is 0 Å². The van der Waals surface area contributed by atoms with Crippen molar-refractivity contribution in [3.63, 3.8) is 0 Å². The largest absolute Gasteiger partial charge is 0.387 e. The Balaban J connectivity index is 4.27. The van der Waals surface area contributed by atoms with Gasteiger partial charge in [-0.3, -0.25) is 4.79 Å². The summed E-state index contributed by atoms with van der Waals surface area (Å²) < 4.78 is 44.0. The van der Waals surface area contributed by atoms with Gasteiger partial charge in [-0.05, 0) is 0 Å². The molecule has 0 bridgehead atoms. The van der Waals surface area contributed by atoms with E-state index in [2.05, 4.69) is 0 Å². The van der Waals surface area contributed by atoms with E-state index in [9.17, 15) is 22.0 Å². The van der Waals surface area contributed by atoms with Crippen LogP contribution in [0.25, 0.3) is 0 Å². The summed E-state index contributed by atoms with van der Waals surface area (Å²) in [7, 11) is -4.90. The van der Waals surface area contributed by atoms with E-state index in [1.807, 2.05) is 0 Å². The van der Waals surface area contributed by atoms with Crippen LogP contribution in [0.1, 0.15) is 0 Å². The van der Waals surface area contributed by atoms with E-state index in [4.69, 9.17) is 5.11 Å². The molecule has 66 valence electrons. The van der Waals surface area contributed by atoms with Gasteiger partial charge in [0.1, 0.15) is 6.61 Å². The first-order valence-electron chi connectivity index (χ1n) is 2.33. The van der Waals surface area contributed by atoms with Crippen molar-refractivity contribution in [2.45, 2.75) is 5.76 Å². The van der Waals surface area contributed by atoms with Gasteiger partial charge in [-0.1, -0.05) is 0 Å². The van der Waals surface area contributed by atoms with Gasteiger partial charge in [0.2, 0.25) is 0 Å². The first-order valence-corrected chi connectivity index (χ1v) is 3.88. The standard InChI is InChI=1S/C3H5F2NO4S/c4-3(5)11(9,10)6-2(8)1-7/h3,7H,1H2,(H,6,8). The zero-order valence-corrected chi connectivity index (χ0v) is 5.94. The summed E-state index contributed by atoms with van der Waals surface area (Å²) >= 11 is 0. The van der Waals surface area contributed by atoms with E-state index >= 15 is 0 Å². The van der Waals surface area contributed by atoms with Crippen molar-refractivity contribution in [1.29, 1.82) is 0 Å². The third kappa shape index (κ3) is 3.23. The number of aliphatic hydroxyl groups is 1. The molecule has 2 N–H and O–H groups in total. The second-order valence-electron chi connectivity index (χ2n) is 1.49. The Labute approximate surface area is 61.1 Å². The van der Waals surface area contributed by atoms with Gasteiger partial charge in [0, 0.05) is 0 Å². The number of carbonyl (C=O) groups excluding carboxylic acids is 1. The fraction of sp³-hybridized carbons (Fsp3) is 0.667. The van der Waals surface area contributed by atoms with Crippen LogP contribution in [-0.2, 0) is 14.8 Å². The summed E-state index contributed by atoms with van der Waals surface area (Å²) in [6.07, 6.45) is 0. The summed E-state index contributed by atoms with van der Waals surface area (Å²) in [6.45, 7) is -1.15. The molecule has 0 saturated carbocycles. The zero-order valence-electron chi connectivity index (χ0n) is 5.12. The highest BCUT2D eigenvalue weighted by atomic mass is 32.2. The number of sulfonamides is 1. The molecular formula is C3H5F2NO4S. The van der Waals surface area contributed by atoms with Crippen LogP contribution in [0.3, 0.4) is 0 Å². The van der Waals surface area contributed by atoms with Crippen molar-refractivity contribution < 1.29 is 27.1 Å². The van der Waals surface area contributed by atoms with Crippen LogP contribution in [-0.4, -0.2) is 31.8 Å². The number of carbonyl (C=O) groups is 1. The van der Waals surface area contributed by atoms with Gasteiger partial charge in [0.05, 0.1) is 0 Å². The molecule has 0 radical (unpaired) electrons. The highest BCUT2D eigenvalue weighted by molar-refractivity contribution is 7.90. The van der Waals surface area contributed by atoms with Crippen molar-refractivity contribution >= 4 is 15.9 Å². The van der Waals surface area contributed by atoms with Crippen molar-refractivity contribution in [3.8, 4) is 0 Å². The maximum atomic E-state index is 11.4. The Morgan fingerprint density at radius 1 is 1.55 bits per heavy atom. The maximum Gasteiger partial charge on any atom is 0.355 e. The Kier molecular flexibility index (Phi) is 3.33. The van der Waals surface area contributed by atoms with Crippen LogP contribution in [0, 0.1) is 0 Å². The Morgan fingerprint density at radius 2 is 2.00 bits per heavy atom. The number of rotatable bonds is 3. The van der Waals surface area contributed by atoms with E-state index < -0.39 is 28.3 Å². The third-order valence-corrected chi connectivity index (χ3v) is 1.62. The average molecular weight is 189 g/mol. The second-order valence-corrected chi connectivity index (χ2v) is 3.14. The van der Waals surface area contributed by atoms with Crippen LogP contribution >= 0.6 is 0 Å². The molecule has 1 amide bonds. The quantitative estimate of drug-likeness (QED) is 0.574. The summed E-state index contributed by atoms with van der Waals surface area (Å²) in [4.78, 5) is 10.1. The predicted octanol–water partition coefficient (Wildman–Crippen LogP) is -1.35. The Hall–Kier alpha value is -0.760. The predicted molar refractivity (Wildman–Crippen MR) is 30.2 cm³/mol. The molecule has 0 atom stereocenters. The molecule has 0 aromatic carbocycles. The topological polar surface area (TPSA) is 83.5 Å². The monoisotopic (exact) mass is 189 g/mol. The molecule has 0 aliphatic rings. The number of nitrogens with one attached hydrogen (secondary N) is 1. The number of hydrogen-bond acceptors (Lipinski definition) is 4. The number of halogens is 2. The summed E-state index contributed by atoms with van der Waals surface area (Å²) in [5.41, 5.74) is 0. The van der Waals surface area contributed by atoms with Gasteiger partial charge in [0.25, 0.3) is 15.9 Å². The van der Waals surface area contributed by atoms with Crippen LogP contribution < -0.4 is 4.72 Å². The minimum Gasteiger partial charge on any atom is -0.387 e. The molecular weight excluding hydrogens is 184 g/mol. The first-order chi connectivity index (χ1) is 4.90. The molecule has 0 aliphatic heterocycles. The molecule has 0 heterocycles. The van der Waals surface area contributed by atoms with Crippen molar-refractivity contribution in [2.24, 2.45) is 0 Å². The number of aliphatic hydroxyl groups excluding tert-OH is 1. The molecule has 0 unspecified atom stereocenters. The fourth-order valence-electron chi connectivity index (χ4n) is 0.235. The number of amides is 1. The highest BCUT2D eigenvalue weighted by Gasteiger charge is 2.25. The molecule has 11 heavy (non-hydrogen) atoms. The third-order valence-electron chi connectivity index (χ3n) is 0.634. The van der Waals surface area contributed by atoms with Crippen molar-refractivity contribution in [3.05, 3.63) is 0 Å². The van der Waals surface area contributed by atoms with E-state index in [1.165, 1.54) is 0 Å². The molecule has 0 fully saturated rings. The Morgan fingerprint density at radius 3 is 2.27 bits per heavy atom. The SMILES string of the molecule is O=C(CO)NS(=O)(=O)C(F)F. The lowest BCUT2D eigenvalue weighted by Crippen LogP contribution is -2.36. The van der Waals surface area contributed by atoms with Gasteiger partial charge in [-0.25, -0.2) is 13.1 Å². The minimum absolute atomic E-state index is 0.939. The smallest absolute Gasteiger partial charge is 0.355 e. The minimum atomic E-state index is -4.90. The summed E-state index contributed by atoms with van der Waals surface area (Å²) in [5.74, 6) is -5.05. The average Bonchev–Trinajstić information content (AvgIpc) is 1.86. The normalized spacial score (nSPS) is 11.6. The number of hydrogen-bond donors (Lipinski definition) is 2. The van der Waals surface area contributed by atoms with Crippen molar-refractivity contribution in [1.82, 2.24) is 4.72 Å². The van der Waals surface area contributed by atoms with Gasteiger partial charge < -0.3 is 5.11 Å². The van der Waals surface area contributed by atoms with Crippen LogP contribution in [0.2, 0.25) is 0 Å². The summed E-state index contributed by atoms with van der Waals surface area (Å²) in [6, 6.07) is 0. The van der Waals surface area contributed by atoms with Crippen LogP contribution in [0.15, 0.2) is 0 Å². The van der Waals surface area contributed by atoms with E-state index in [0.717, 1.165) is 4.72 Å². The lowest BCUT2D eigenvalue weighted by Gasteiger charge is -2.02. The molecule has 0 rings (SSSR count). The van der Waals surface area contributed by atoms with Gasteiger partial charge in [-0.2, -0.15) is 8.78 Å². The molecule has 0 spiro atoms. The molecule has 5 nitrogen and oxygen atoms in total. The molecule has 8 heteroatoms. The van der Waals surface area contributed by atoms with E-state index in [0.29, 0.717) is 0 Å². The zero-order chi connectivity index (χ0) is 9.07. The first kappa shape index (κ1) is 10.2. The van der Waals surface area contributed by atoms with Gasteiger partial charge in [0.15, 0.2) is 0 Å². The maximum absolute atomic E-state index is 11.4. The number of alkyl halides is 2. The van der Waals surface area contributed by atoms with Gasteiger partial charge >= 0.3 is 5.76 Å². The highest BCUT2D eigenvalue weighted by Crippen LogP contribution is 2.00. The fourth-order valence-corrected chi connectivity index (χ4v) is 0.706. The summed E-state index contributed by atoms with van der Waals surface area (Å²) in [5, 5.41) is 7.96. The lowest BCUT2D eigenvalue weighted by molar-refractivity contribution is -0.122. The Bertz CT molecular complexity index is 236. The molecule has 0 saturated heterocycles. The van der Waals surface area contributed by atoms with E-state index in [1.54, 1.807) is 0 Å².